The molecule has 19 rings (SSSR count). The Bertz CT molecular complexity index is 8180. The van der Waals surface area contributed by atoms with Gasteiger partial charge in [-0.2, -0.15) is 0 Å². The number of furan rings is 2. The van der Waals surface area contributed by atoms with Gasteiger partial charge in [0.1, 0.15) is 11.2 Å². The minimum Gasteiger partial charge on any atom is -0.454 e. The van der Waals surface area contributed by atoms with Crippen LogP contribution in [0.1, 0.15) is 126 Å². The Labute approximate surface area is 651 Å². The molecule has 0 aliphatic carbocycles. The highest BCUT2D eigenvalue weighted by molar-refractivity contribution is 7.20. The molecule has 0 unspecified atom stereocenters. The van der Waals surface area contributed by atoms with Crippen LogP contribution in [0.2, 0.25) is 0 Å². The van der Waals surface area contributed by atoms with Crippen LogP contribution in [0.15, 0.2) is 317 Å². The van der Waals surface area contributed by atoms with Crippen LogP contribution in [0.25, 0.3) is 93.6 Å². The van der Waals surface area contributed by atoms with E-state index in [4.69, 9.17) is 10.2 Å². The normalized spacial score (nSPS) is 17.9. The Morgan fingerprint density at radius 1 is 0.369 bits per heavy atom. The van der Waals surface area contributed by atoms with E-state index in [1.165, 1.54) is 15.9 Å². The second-order valence-electron chi connectivity index (χ2n) is 28.9. The number of rotatable bonds is 9. The van der Waals surface area contributed by atoms with Crippen LogP contribution in [0.5, 0.6) is 0 Å². The molecule has 0 spiro atoms. The van der Waals surface area contributed by atoms with E-state index in [1.54, 1.807) is 159 Å². The predicted octanol–water partition coefficient (Wildman–Crippen LogP) is 21.3. The molecule has 14 aromatic carbocycles. The number of para-hydroxylation sites is 4. The fraction of sp³-hybridized carbons (Fsp3) is 0.125. The molecule has 0 bridgehead atoms. The first-order chi connectivity index (χ1) is 64.2. The minimum absolute atomic E-state index is 0.104. The maximum absolute atomic E-state index is 12.3. The number of anilines is 6. The van der Waals surface area contributed by atoms with Gasteiger partial charge in [-0.3, -0.25) is 0 Å². The highest BCUT2D eigenvalue weighted by atomic mass is 28.3. The Kier molecular flexibility index (Phi) is 8.18. The van der Waals surface area contributed by atoms with Crippen LogP contribution in [0, 0.1) is 0 Å². The zero-order valence-electron chi connectivity index (χ0n) is 91.1. The summed E-state index contributed by atoms with van der Waals surface area (Å²) < 4.78 is 360. The summed E-state index contributed by atoms with van der Waals surface area (Å²) >= 11 is 0. The SMILES string of the molecule is [2H]c1c([2H])c([2H])c(-c2c([2H])c(C(C)(C)C)c3c(oc4c([2H])c([2H])c([2H])c([2H])c43)c2N2c3cc(C(C)(C)C)cc4c3B(c3c([2H])c([Si](c5ccccc5)(c5ccccc5)c5ccccc5)c([2H])c([2H])c32)c2c([2H])c([2H])c(-n3c5c([2H])c([2H])c([2H])c([2H])c5c5c([2H])c([2H])c([2H])c([2H])c53)c([2H])c2N4c2c(-c3c([2H])c([2H])c([2H])c([2H])c3[2H])c([2H])c(C(C)(C)C)c3c2oc2c([2H])c([2H])c([2H])c([2H])c23)c([2H])c1[2H]. The van der Waals surface area contributed by atoms with Gasteiger partial charge in [0.2, 0.25) is 0 Å². The number of hydrogen-bond acceptors (Lipinski definition) is 4. The quantitative estimate of drug-likeness (QED) is 0.107. The van der Waals surface area contributed by atoms with Crippen LogP contribution in [0.3, 0.4) is 0 Å². The molecule has 2 aliphatic heterocycles. The summed E-state index contributed by atoms with van der Waals surface area (Å²) in [5, 5.41) is -1.08. The molecule has 2 aliphatic rings. The second kappa shape index (κ2) is 23.2. The first-order valence-electron chi connectivity index (χ1n) is 50.6. The maximum Gasteiger partial charge on any atom is 0.252 e. The summed E-state index contributed by atoms with van der Waals surface area (Å²) in [5.74, 6) is 0. The molecule has 0 N–H and O–H groups in total. The van der Waals surface area contributed by atoms with E-state index in [0.717, 1.165) is 4.57 Å². The lowest BCUT2D eigenvalue weighted by Crippen LogP contribution is -2.75. The maximum atomic E-state index is 12.3. The van der Waals surface area contributed by atoms with E-state index >= 15 is 0 Å². The van der Waals surface area contributed by atoms with Crippen molar-refractivity contribution >= 4 is 152 Å². The standard InChI is InChI=1S/C96H78BN3O2Si/c1-94(2,3)63-55-83-89-84(56-63)100(91-74(62-35-17-11-18-36-62)60-76(96(7,8)9)88-72-46-28-32-50-86(72)102-93(88)91)82-57-64(98-79-47-29-25-43-69(79)70-44-26-30-48-80(70)98)51-53-77(82)97(89)78-58-68(103(65-37-19-12-20-38-65,66-39-21-13-22-40-66)67-41-23-14-24-42-67)52-54-81(78)99(83)90-73(61-33-15-10-16-34-61)59-75(95(4,5)6)87-71-45-27-31-49-85(71)101-92(87)90/h10-60H,1-9H3/i10D,11D,15D,16D,17D,18D,25D,26D,27D,28D,29D,30D,31D,32D,33D,34D,35D,36D,43D,44D,45D,46D,47D,48D,49D,50D,51D,52D,53D,54D,57D,58D,59D,60D. The fourth-order valence-electron chi connectivity index (χ4n) is 15.2. The molecule has 3 aromatic heterocycles. The fourth-order valence-corrected chi connectivity index (χ4v) is 19.7. The van der Waals surface area contributed by atoms with E-state index in [2.05, 4.69) is 0 Å². The lowest BCUT2D eigenvalue weighted by molar-refractivity contribution is 0.590. The third kappa shape index (κ3) is 9.51. The van der Waals surface area contributed by atoms with Crippen LogP contribution < -0.4 is 46.9 Å². The van der Waals surface area contributed by atoms with Crippen molar-refractivity contribution in [3.05, 3.63) is 325 Å². The minimum atomic E-state index is -4.63. The van der Waals surface area contributed by atoms with Gasteiger partial charge in [0.25, 0.3) is 6.71 Å². The molecule has 0 atom stereocenters. The first-order valence-corrected chi connectivity index (χ1v) is 35.6. The summed E-state index contributed by atoms with van der Waals surface area (Å²) in [4.78, 5) is 2.43. The first kappa shape index (κ1) is 36.3. The Hall–Kier alpha value is -11.6. The van der Waals surface area contributed by atoms with E-state index in [1.807, 2.05) is 0 Å². The second-order valence-corrected chi connectivity index (χ2v) is 32.6. The van der Waals surface area contributed by atoms with Crippen LogP contribution >= 0.6 is 0 Å². The molecule has 0 radical (unpaired) electrons. The summed E-state index contributed by atoms with van der Waals surface area (Å²) in [5.41, 5.74) is -16.5. The van der Waals surface area contributed by atoms with Crippen molar-refractivity contribution in [1.82, 2.24) is 4.57 Å². The van der Waals surface area contributed by atoms with Crippen LogP contribution in [0.4, 0.5) is 34.1 Å². The van der Waals surface area contributed by atoms with Crippen molar-refractivity contribution in [2.45, 2.75) is 78.6 Å². The van der Waals surface area contributed by atoms with Crippen molar-refractivity contribution in [1.29, 1.82) is 0 Å². The van der Waals surface area contributed by atoms with E-state index < -0.39 is 348 Å². The highest BCUT2D eigenvalue weighted by Crippen LogP contribution is 2.56. The molecule has 17 aromatic rings. The Balaban J connectivity index is 1.18. The Morgan fingerprint density at radius 3 is 1.25 bits per heavy atom. The van der Waals surface area contributed by atoms with Crippen molar-refractivity contribution in [3.8, 4) is 27.9 Å². The largest absolute Gasteiger partial charge is 0.454 e. The molecule has 0 saturated carbocycles. The average molecular weight is 1380 g/mol. The van der Waals surface area contributed by atoms with Crippen molar-refractivity contribution in [3.63, 3.8) is 0 Å². The lowest BCUT2D eigenvalue weighted by Gasteiger charge is -2.46. The summed E-state index contributed by atoms with van der Waals surface area (Å²) in [6, 6.07) is -0.451. The molecule has 5 nitrogen and oxygen atoms in total. The zero-order chi connectivity index (χ0) is 99.4. The van der Waals surface area contributed by atoms with Crippen LogP contribution in [-0.4, -0.2) is 19.4 Å². The third-order valence-electron chi connectivity index (χ3n) is 19.7. The summed E-state index contributed by atoms with van der Waals surface area (Å²) in [6.07, 6.45) is 0. The molecule has 0 fully saturated rings. The van der Waals surface area contributed by atoms with Gasteiger partial charge in [0.05, 0.1) is 69.0 Å². The van der Waals surface area contributed by atoms with Gasteiger partial charge in [0.15, 0.2) is 19.2 Å². The molecule has 103 heavy (non-hydrogen) atoms. The molecule has 0 saturated heterocycles. The topological polar surface area (TPSA) is 37.7 Å². The molecule has 5 heterocycles. The van der Waals surface area contributed by atoms with Gasteiger partial charge in [0, 0.05) is 71.9 Å². The molecule has 7 heteroatoms. The molecule has 0 amide bonds. The van der Waals surface area contributed by atoms with E-state index in [-0.39, 0.29) is 54.9 Å². The smallest absolute Gasteiger partial charge is 0.252 e. The Morgan fingerprint density at radius 2 is 0.796 bits per heavy atom. The predicted molar refractivity (Wildman–Crippen MR) is 440 cm³/mol. The van der Waals surface area contributed by atoms with Gasteiger partial charge in [-0.25, -0.2) is 0 Å². The van der Waals surface area contributed by atoms with Gasteiger partial charge < -0.3 is 23.2 Å². The van der Waals surface area contributed by atoms with Crippen molar-refractivity contribution in [2.75, 3.05) is 9.80 Å². The average Bonchev–Trinajstić information content (AvgIpc) is 1.53. The molecular weight excluding hydrogens is 1270 g/mol. The lowest BCUT2D eigenvalue weighted by atomic mass is 9.33. The monoisotopic (exact) mass is 1380 g/mol. The molecule has 496 valence electrons. The van der Waals surface area contributed by atoms with Gasteiger partial charge in [-0.15, -0.1) is 0 Å². The molecular formula is C96H78BN3O2Si. The van der Waals surface area contributed by atoms with Crippen molar-refractivity contribution in [2.24, 2.45) is 0 Å². The number of aromatic nitrogens is 1. The van der Waals surface area contributed by atoms with Crippen molar-refractivity contribution < 1.29 is 55.4 Å². The zero-order valence-corrected chi connectivity index (χ0v) is 58.1. The van der Waals surface area contributed by atoms with E-state index in [9.17, 15) is 45.2 Å². The summed E-state index contributed by atoms with van der Waals surface area (Å²) in [7, 11) is -4.63. The van der Waals surface area contributed by atoms with Gasteiger partial charge >= 0.3 is 0 Å². The number of hydrogen-bond donors (Lipinski definition) is 0. The number of fused-ring (bicyclic) bond motifs is 13. The van der Waals surface area contributed by atoms with E-state index in [0.29, 0.717) is 15.6 Å². The van der Waals surface area contributed by atoms with Gasteiger partial charge in [-0.05, 0) is 148 Å². The highest BCUT2D eigenvalue weighted by Gasteiger charge is 2.49. The van der Waals surface area contributed by atoms with Crippen LogP contribution in [-0.2, 0) is 16.2 Å². The third-order valence-corrected chi connectivity index (χ3v) is 24.3. The van der Waals surface area contributed by atoms with Gasteiger partial charge in [-0.1, -0.05) is 304 Å². The summed E-state index contributed by atoms with van der Waals surface area (Å²) in [6.45, 7) is 12.9. The number of benzene rings is 14. The number of nitrogens with zero attached hydrogens (tertiary/aromatic N) is 3.